The molecule has 0 unspecified atom stereocenters. The van der Waals surface area contributed by atoms with Gasteiger partial charge in [-0.1, -0.05) is 12.1 Å². The van der Waals surface area contributed by atoms with Crippen molar-refractivity contribution in [2.24, 2.45) is 0 Å². The molecule has 2 amide bonds. The van der Waals surface area contributed by atoms with Crippen LogP contribution in [-0.4, -0.2) is 43.1 Å². The molecule has 0 atom stereocenters. The number of amides is 2. The fourth-order valence-corrected chi connectivity index (χ4v) is 3.65. The number of nitrogens with one attached hydrogen (secondary N) is 2. The number of aromatic nitrogens is 1. The molecular formula is C15H15IN4O3S. The van der Waals surface area contributed by atoms with Crippen molar-refractivity contribution in [1.82, 2.24) is 15.8 Å². The summed E-state index contributed by atoms with van der Waals surface area (Å²) in [5, 5.41) is 2.46. The SMILES string of the molecule is O=C(NNC(=O)c1ccccc1I)c1csc(N2CCOCC2)n1. The third-order valence-electron chi connectivity index (χ3n) is 3.41. The minimum Gasteiger partial charge on any atom is -0.378 e. The van der Waals surface area contributed by atoms with Crippen LogP contribution in [0.2, 0.25) is 0 Å². The highest BCUT2D eigenvalue weighted by Crippen LogP contribution is 2.21. The Morgan fingerprint density at radius 2 is 1.88 bits per heavy atom. The Labute approximate surface area is 156 Å². The monoisotopic (exact) mass is 458 g/mol. The third-order valence-corrected chi connectivity index (χ3v) is 5.26. The van der Waals surface area contributed by atoms with Gasteiger partial charge in [-0.05, 0) is 34.7 Å². The van der Waals surface area contributed by atoms with E-state index in [0.29, 0.717) is 18.8 Å². The molecule has 2 heterocycles. The smallest absolute Gasteiger partial charge is 0.289 e. The maximum Gasteiger partial charge on any atom is 0.289 e. The minimum atomic E-state index is -0.440. The van der Waals surface area contributed by atoms with E-state index in [0.717, 1.165) is 21.8 Å². The summed E-state index contributed by atoms with van der Waals surface area (Å²) in [5.74, 6) is -0.804. The van der Waals surface area contributed by atoms with Gasteiger partial charge < -0.3 is 9.64 Å². The summed E-state index contributed by atoms with van der Waals surface area (Å²) >= 11 is 3.47. The fraction of sp³-hybridized carbons (Fsp3) is 0.267. The number of anilines is 1. The molecule has 3 rings (SSSR count). The predicted octanol–water partition coefficient (Wildman–Crippen LogP) is 1.66. The zero-order valence-corrected chi connectivity index (χ0v) is 15.6. The number of hydrazine groups is 1. The van der Waals surface area contributed by atoms with Crippen molar-refractivity contribution in [3.8, 4) is 0 Å². The molecular weight excluding hydrogens is 443 g/mol. The first-order chi connectivity index (χ1) is 11.6. The van der Waals surface area contributed by atoms with Gasteiger partial charge in [0.2, 0.25) is 0 Å². The van der Waals surface area contributed by atoms with Crippen molar-refractivity contribution in [2.45, 2.75) is 0 Å². The molecule has 1 aliphatic rings. The van der Waals surface area contributed by atoms with Crippen LogP contribution in [0.5, 0.6) is 0 Å². The summed E-state index contributed by atoms with van der Waals surface area (Å²) in [6.45, 7) is 2.84. The molecule has 126 valence electrons. The Morgan fingerprint density at radius 3 is 2.62 bits per heavy atom. The van der Waals surface area contributed by atoms with Gasteiger partial charge in [0.25, 0.3) is 11.8 Å². The lowest BCUT2D eigenvalue weighted by atomic mass is 10.2. The second-order valence-electron chi connectivity index (χ2n) is 5.00. The zero-order valence-electron chi connectivity index (χ0n) is 12.6. The Kier molecular flexibility index (Phi) is 5.63. The maximum absolute atomic E-state index is 12.1. The van der Waals surface area contributed by atoms with E-state index in [9.17, 15) is 9.59 Å². The zero-order chi connectivity index (χ0) is 16.9. The molecule has 9 heteroatoms. The summed E-state index contributed by atoms with van der Waals surface area (Å²) < 4.78 is 6.11. The van der Waals surface area contributed by atoms with Crippen LogP contribution >= 0.6 is 33.9 Å². The van der Waals surface area contributed by atoms with E-state index in [2.05, 4.69) is 43.3 Å². The van der Waals surface area contributed by atoms with Crippen LogP contribution in [0.4, 0.5) is 5.13 Å². The first kappa shape index (κ1) is 17.1. The average Bonchev–Trinajstić information content (AvgIpc) is 3.11. The summed E-state index contributed by atoms with van der Waals surface area (Å²) in [5.41, 5.74) is 5.60. The first-order valence-corrected chi connectivity index (χ1v) is 9.24. The largest absolute Gasteiger partial charge is 0.378 e. The molecule has 1 saturated heterocycles. The lowest BCUT2D eigenvalue weighted by molar-refractivity contribution is 0.0844. The molecule has 0 bridgehead atoms. The Bertz CT molecular complexity index is 746. The maximum atomic E-state index is 12.1. The molecule has 0 radical (unpaired) electrons. The van der Waals surface area contributed by atoms with E-state index in [4.69, 9.17) is 4.74 Å². The van der Waals surface area contributed by atoms with E-state index in [1.54, 1.807) is 17.5 Å². The van der Waals surface area contributed by atoms with Crippen molar-refractivity contribution < 1.29 is 14.3 Å². The molecule has 2 N–H and O–H groups in total. The van der Waals surface area contributed by atoms with Gasteiger partial charge in [0.05, 0.1) is 18.8 Å². The minimum absolute atomic E-state index is 0.282. The van der Waals surface area contributed by atoms with E-state index in [1.165, 1.54) is 11.3 Å². The van der Waals surface area contributed by atoms with Gasteiger partial charge >= 0.3 is 0 Å². The van der Waals surface area contributed by atoms with E-state index < -0.39 is 5.91 Å². The highest BCUT2D eigenvalue weighted by Gasteiger charge is 2.18. The number of carbonyl (C=O) groups is 2. The highest BCUT2D eigenvalue weighted by molar-refractivity contribution is 14.1. The number of thiazole rings is 1. The molecule has 2 aromatic rings. The van der Waals surface area contributed by atoms with Crippen LogP contribution in [0.1, 0.15) is 20.8 Å². The van der Waals surface area contributed by atoms with Crippen molar-refractivity contribution in [1.29, 1.82) is 0 Å². The van der Waals surface area contributed by atoms with Crippen LogP contribution in [0.25, 0.3) is 0 Å². The molecule has 24 heavy (non-hydrogen) atoms. The van der Waals surface area contributed by atoms with Gasteiger partial charge in [0.15, 0.2) is 5.13 Å². The quantitative estimate of drug-likeness (QED) is 0.540. The predicted molar refractivity (Wildman–Crippen MR) is 99.2 cm³/mol. The molecule has 1 fully saturated rings. The summed E-state index contributed by atoms with van der Waals surface area (Å²) in [6, 6.07) is 7.14. The topological polar surface area (TPSA) is 83.6 Å². The number of morpholine rings is 1. The summed E-state index contributed by atoms with van der Waals surface area (Å²) in [4.78, 5) is 30.6. The van der Waals surface area contributed by atoms with Crippen molar-refractivity contribution in [3.05, 3.63) is 44.5 Å². The lowest BCUT2D eigenvalue weighted by Crippen LogP contribution is -2.42. The normalized spacial score (nSPS) is 14.3. The first-order valence-electron chi connectivity index (χ1n) is 7.28. The Morgan fingerprint density at radius 1 is 1.17 bits per heavy atom. The van der Waals surface area contributed by atoms with E-state index in [1.807, 2.05) is 12.1 Å². The second kappa shape index (κ2) is 7.90. The second-order valence-corrected chi connectivity index (χ2v) is 7.00. The molecule has 0 saturated carbocycles. The standard InChI is InChI=1S/C15H15IN4O3S/c16-11-4-2-1-3-10(11)13(21)18-19-14(22)12-9-24-15(17-12)20-5-7-23-8-6-20/h1-4,9H,5-8H2,(H,18,21)(H,19,22). The molecule has 7 nitrogen and oxygen atoms in total. The molecule has 0 aliphatic carbocycles. The van der Waals surface area contributed by atoms with Gasteiger partial charge in [-0.3, -0.25) is 20.4 Å². The number of halogens is 1. The van der Waals surface area contributed by atoms with Crippen LogP contribution in [0.3, 0.4) is 0 Å². The van der Waals surface area contributed by atoms with Crippen molar-refractivity contribution in [2.75, 3.05) is 31.2 Å². The molecule has 1 aliphatic heterocycles. The number of carbonyl (C=O) groups excluding carboxylic acids is 2. The van der Waals surface area contributed by atoms with Crippen molar-refractivity contribution >= 4 is 50.9 Å². The van der Waals surface area contributed by atoms with Crippen LogP contribution in [0.15, 0.2) is 29.6 Å². The number of nitrogens with zero attached hydrogens (tertiary/aromatic N) is 2. The van der Waals surface area contributed by atoms with Crippen LogP contribution in [-0.2, 0) is 4.74 Å². The van der Waals surface area contributed by atoms with Crippen molar-refractivity contribution in [3.63, 3.8) is 0 Å². The highest BCUT2D eigenvalue weighted by atomic mass is 127. The van der Waals surface area contributed by atoms with Crippen LogP contribution in [0, 0.1) is 3.57 Å². The number of rotatable bonds is 3. The number of benzene rings is 1. The number of ether oxygens (including phenoxy) is 1. The number of hydrogen-bond donors (Lipinski definition) is 2. The lowest BCUT2D eigenvalue weighted by Gasteiger charge is -2.25. The van der Waals surface area contributed by atoms with Gasteiger partial charge in [-0.25, -0.2) is 4.98 Å². The summed E-state index contributed by atoms with van der Waals surface area (Å²) in [6.07, 6.45) is 0. The molecule has 1 aromatic heterocycles. The third kappa shape index (κ3) is 4.02. The van der Waals surface area contributed by atoms with Gasteiger partial charge in [0.1, 0.15) is 5.69 Å². The van der Waals surface area contributed by atoms with E-state index >= 15 is 0 Å². The van der Waals surface area contributed by atoms with Crippen LogP contribution < -0.4 is 15.8 Å². The Hall–Kier alpha value is -1.72. The fourth-order valence-electron chi connectivity index (χ4n) is 2.16. The Balaban J connectivity index is 1.58. The average molecular weight is 458 g/mol. The van der Waals surface area contributed by atoms with Gasteiger partial charge in [0, 0.05) is 22.0 Å². The summed E-state index contributed by atoms with van der Waals surface area (Å²) in [7, 11) is 0. The van der Waals surface area contributed by atoms with Gasteiger partial charge in [-0.2, -0.15) is 0 Å². The van der Waals surface area contributed by atoms with E-state index in [-0.39, 0.29) is 11.6 Å². The van der Waals surface area contributed by atoms with Gasteiger partial charge in [-0.15, -0.1) is 11.3 Å². The molecule has 0 spiro atoms. The molecule has 1 aromatic carbocycles. The number of hydrogen-bond acceptors (Lipinski definition) is 6.